The molecular weight excluding hydrogens is 507 g/mol. The Hall–Kier alpha value is -1.87. The number of amides is 1. The summed E-state index contributed by atoms with van der Waals surface area (Å²) in [6.07, 6.45) is 5.50. The van der Waals surface area contributed by atoms with Gasteiger partial charge in [-0.15, -0.1) is 24.0 Å². The number of carbonyl (C=O) groups excluding carboxylic acids is 1. The van der Waals surface area contributed by atoms with E-state index in [0.717, 1.165) is 53.6 Å². The summed E-state index contributed by atoms with van der Waals surface area (Å²) in [5.41, 5.74) is 8.33. The lowest BCUT2D eigenvalue weighted by Crippen LogP contribution is -2.52. The highest BCUT2D eigenvalue weighted by molar-refractivity contribution is 14.0. The fourth-order valence-corrected chi connectivity index (χ4v) is 5.04. The Morgan fingerprint density at radius 3 is 2.43 bits per heavy atom. The molecule has 0 radical (unpaired) electrons. The van der Waals surface area contributed by atoms with E-state index in [1.807, 2.05) is 36.4 Å². The van der Waals surface area contributed by atoms with Crippen LogP contribution in [0.2, 0.25) is 0 Å². The summed E-state index contributed by atoms with van der Waals surface area (Å²) in [5.74, 6) is 0.714. The molecule has 2 N–H and O–H groups in total. The van der Waals surface area contributed by atoms with Crippen LogP contribution in [0.15, 0.2) is 64.6 Å². The zero-order valence-corrected chi connectivity index (χ0v) is 20.2. The molecule has 0 bridgehead atoms. The Morgan fingerprint density at radius 1 is 1.10 bits per heavy atom. The second-order valence-electron chi connectivity index (χ2n) is 7.63. The number of hydrogen-bond acceptors (Lipinski definition) is 4. The van der Waals surface area contributed by atoms with Crippen molar-refractivity contribution in [3.63, 3.8) is 0 Å². The largest absolute Gasteiger partial charge is 0.369 e. The van der Waals surface area contributed by atoms with Gasteiger partial charge in [-0.25, -0.2) is 9.98 Å². The quantitative estimate of drug-likeness (QED) is 0.531. The van der Waals surface area contributed by atoms with Gasteiger partial charge in [0.2, 0.25) is 5.91 Å². The first kappa shape index (κ1) is 22.8. The molecule has 158 valence electrons. The van der Waals surface area contributed by atoms with Crippen molar-refractivity contribution in [1.82, 2.24) is 0 Å². The van der Waals surface area contributed by atoms with Crippen molar-refractivity contribution in [2.75, 3.05) is 10.7 Å². The van der Waals surface area contributed by atoms with E-state index in [4.69, 9.17) is 15.7 Å². The highest BCUT2D eigenvalue weighted by Gasteiger charge is 2.49. The summed E-state index contributed by atoms with van der Waals surface area (Å²) in [5, 5.41) is 0.809. The van der Waals surface area contributed by atoms with E-state index in [1.54, 1.807) is 0 Å². The van der Waals surface area contributed by atoms with E-state index in [-0.39, 0.29) is 41.2 Å². The average Bonchev–Trinajstić information content (AvgIpc) is 3.01. The molecule has 2 aliphatic rings. The molecule has 2 aromatic rings. The number of hydrogen-bond donors (Lipinski definition) is 1. The standard InChI is InChI=1S/C23H26N4OS.HI/c1-17-10-6-7-13-19(17)25-21-23(14-8-3-9-15-23)27(18-11-4-2-5-12-18)22(26-21)29-16-20(24)28;/h2,4-7,10-13H,3,8-9,14-16H2,1H3,(H2,24,28);1H. The summed E-state index contributed by atoms with van der Waals surface area (Å²) in [6, 6.07) is 18.5. The van der Waals surface area contributed by atoms with Crippen molar-refractivity contribution in [3.05, 3.63) is 60.2 Å². The molecule has 5 nitrogen and oxygen atoms in total. The van der Waals surface area contributed by atoms with E-state index in [9.17, 15) is 4.79 Å². The predicted octanol–water partition coefficient (Wildman–Crippen LogP) is 5.44. The molecular formula is C23H27IN4OS. The number of benzene rings is 2. The molecule has 0 aromatic heterocycles. The number of anilines is 1. The maximum atomic E-state index is 11.5. The van der Waals surface area contributed by atoms with Crippen molar-refractivity contribution >= 4 is 64.0 Å². The predicted molar refractivity (Wildman–Crippen MR) is 138 cm³/mol. The van der Waals surface area contributed by atoms with E-state index in [1.165, 1.54) is 18.2 Å². The summed E-state index contributed by atoms with van der Waals surface area (Å²) in [6.45, 7) is 2.07. The van der Waals surface area contributed by atoms with Gasteiger partial charge in [0, 0.05) is 5.69 Å². The molecule has 0 saturated heterocycles. The summed E-state index contributed by atoms with van der Waals surface area (Å²) in [7, 11) is 0. The minimum atomic E-state index is -0.340. The number of halogens is 1. The van der Waals surface area contributed by atoms with E-state index >= 15 is 0 Å². The van der Waals surface area contributed by atoms with E-state index < -0.39 is 0 Å². The normalized spacial score (nSPS) is 18.9. The lowest BCUT2D eigenvalue weighted by atomic mass is 9.79. The Bertz CT molecular complexity index is 955. The van der Waals surface area contributed by atoms with Gasteiger partial charge >= 0.3 is 0 Å². The minimum Gasteiger partial charge on any atom is -0.369 e. The maximum absolute atomic E-state index is 11.5. The number of aryl methyl sites for hydroxylation is 1. The number of primary amides is 1. The number of para-hydroxylation sites is 2. The van der Waals surface area contributed by atoms with E-state index in [0.29, 0.717) is 0 Å². The number of aliphatic imine (C=N–C) groups is 2. The van der Waals surface area contributed by atoms with Gasteiger partial charge < -0.3 is 10.6 Å². The molecule has 1 aliphatic heterocycles. The molecule has 0 atom stereocenters. The Kier molecular flexibility index (Phi) is 7.57. The van der Waals surface area contributed by atoms with Crippen LogP contribution in [0.1, 0.15) is 37.7 Å². The third kappa shape index (κ3) is 4.56. The Balaban J connectivity index is 0.00000256. The van der Waals surface area contributed by atoms with Crippen molar-refractivity contribution in [2.45, 2.75) is 44.6 Å². The second kappa shape index (κ2) is 9.96. The van der Waals surface area contributed by atoms with Crippen LogP contribution in [-0.2, 0) is 4.79 Å². The lowest BCUT2D eigenvalue weighted by molar-refractivity contribution is -0.115. The third-order valence-electron chi connectivity index (χ3n) is 5.62. The van der Waals surface area contributed by atoms with Gasteiger partial charge in [0.1, 0.15) is 5.54 Å². The van der Waals surface area contributed by atoms with Crippen LogP contribution < -0.4 is 10.6 Å². The molecule has 30 heavy (non-hydrogen) atoms. The van der Waals surface area contributed by atoms with Gasteiger partial charge in [-0.05, 0) is 43.5 Å². The summed E-state index contributed by atoms with van der Waals surface area (Å²) < 4.78 is 0. The Morgan fingerprint density at radius 2 is 1.77 bits per heavy atom. The molecule has 1 heterocycles. The average molecular weight is 534 g/mol. The first-order valence-electron chi connectivity index (χ1n) is 10.1. The van der Waals surface area contributed by atoms with Gasteiger partial charge in [-0.2, -0.15) is 0 Å². The van der Waals surface area contributed by atoms with E-state index in [2.05, 4.69) is 30.0 Å². The SMILES string of the molecule is Cc1ccccc1N=C1N=C(SCC(N)=O)N(c2ccccc2)C12CCCCC2.I. The lowest BCUT2D eigenvalue weighted by Gasteiger charge is -2.42. The van der Waals surface area contributed by atoms with Crippen molar-refractivity contribution in [1.29, 1.82) is 0 Å². The van der Waals surface area contributed by atoms with Gasteiger partial charge in [0.25, 0.3) is 0 Å². The molecule has 1 saturated carbocycles. The second-order valence-corrected chi connectivity index (χ2v) is 8.58. The highest BCUT2D eigenvalue weighted by atomic mass is 127. The number of nitrogens with zero attached hydrogens (tertiary/aromatic N) is 3. The minimum absolute atomic E-state index is 0. The topological polar surface area (TPSA) is 71.0 Å². The fraction of sp³-hybridized carbons (Fsp3) is 0.348. The van der Waals surface area contributed by atoms with Crippen molar-refractivity contribution in [3.8, 4) is 0 Å². The van der Waals surface area contributed by atoms with Crippen LogP contribution in [0.4, 0.5) is 11.4 Å². The molecule has 1 spiro atoms. The number of thioether (sulfide) groups is 1. The summed E-state index contributed by atoms with van der Waals surface area (Å²) >= 11 is 1.40. The van der Waals surface area contributed by atoms with Gasteiger partial charge in [0.05, 0.1) is 11.4 Å². The molecule has 0 unspecified atom stereocenters. The number of carbonyl (C=O) groups is 1. The first-order chi connectivity index (χ1) is 14.1. The monoisotopic (exact) mass is 534 g/mol. The van der Waals surface area contributed by atoms with Crippen molar-refractivity contribution < 1.29 is 4.79 Å². The Labute approximate surface area is 199 Å². The van der Waals surface area contributed by atoms with Crippen LogP contribution in [0.3, 0.4) is 0 Å². The van der Waals surface area contributed by atoms with Gasteiger partial charge in [-0.3, -0.25) is 4.79 Å². The van der Waals surface area contributed by atoms with Crippen LogP contribution in [0, 0.1) is 6.92 Å². The molecule has 7 heteroatoms. The number of amidine groups is 2. The van der Waals surface area contributed by atoms with Gasteiger partial charge in [-0.1, -0.05) is 67.4 Å². The van der Waals surface area contributed by atoms with Crippen LogP contribution in [0.25, 0.3) is 0 Å². The molecule has 1 amide bonds. The number of rotatable bonds is 4. The maximum Gasteiger partial charge on any atom is 0.227 e. The zero-order chi connectivity index (χ0) is 20.3. The smallest absolute Gasteiger partial charge is 0.227 e. The van der Waals surface area contributed by atoms with Crippen LogP contribution in [0.5, 0.6) is 0 Å². The molecule has 4 rings (SSSR count). The first-order valence-corrected chi connectivity index (χ1v) is 11.1. The van der Waals surface area contributed by atoms with Crippen LogP contribution >= 0.6 is 35.7 Å². The van der Waals surface area contributed by atoms with Gasteiger partial charge in [0.15, 0.2) is 11.0 Å². The zero-order valence-electron chi connectivity index (χ0n) is 17.1. The van der Waals surface area contributed by atoms with Crippen molar-refractivity contribution in [2.24, 2.45) is 15.7 Å². The molecule has 1 aliphatic carbocycles. The number of nitrogens with two attached hydrogens (primary N) is 1. The third-order valence-corrected chi connectivity index (χ3v) is 6.58. The molecule has 2 aromatic carbocycles. The molecule has 1 fully saturated rings. The van der Waals surface area contributed by atoms with Crippen LogP contribution in [-0.4, -0.2) is 28.2 Å². The highest BCUT2D eigenvalue weighted by Crippen LogP contribution is 2.44. The fourth-order valence-electron chi connectivity index (χ4n) is 4.21. The summed E-state index contributed by atoms with van der Waals surface area (Å²) in [4.78, 5) is 23.8.